The molecule has 5 nitrogen and oxygen atoms in total. The molecule has 0 amide bonds. The Kier molecular flexibility index (Phi) is 7.21. The summed E-state index contributed by atoms with van der Waals surface area (Å²) in [5.74, 6) is 0.284. The van der Waals surface area contributed by atoms with Crippen molar-refractivity contribution in [3.8, 4) is 0 Å². The van der Waals surface area contributed by atoms with Crippen molar-refractivity contribution < 1.29 is 14.2 Å². The van der Waals surface area contributed by atoms with E-state index in [9.17, 15) is 9.50 Å². The molecule has 28 heavy (non-hydrogen) atoms. The molecule has 0 spiro atoms. The molecule has 3 rings (SSSR count). The van der Waals surface area contributed by atoms with Crippen molar-refractivity contribution in [1.82, 2.24) is 9.80 Å². The lowest BCUT2D eigenvalue weighted by molar-refractivity contribution is 0.0654. The minimum Gasteiger partial charge on any atom is -0.384 e. The van der Waals surface area contributed by atoms with Crippen LogP contribution < -0.4 is 0 Å². The second-order valence-corrected chi connectivity index (χ2v) is 7.66. The molecule has 0 saturated carbocycles. The Balaban J connectivity index is 1.48. The highest BCUT2D eigenvalue weighted by atomic mass is 19.1. The smallest absolute Gasteiger partial charge is 0.123 e. The molecule has 1 aromatic rings. The number of aliphatic hydroxyl groups excluding tert-OH is 1. The summed E-state index contributed by atoms with van der Waals surface area (Å²) in [7, 11) is 1.58. The van der Waals surface area contributed by atoms with Crippen molar-refractivity contribution in [2.75, 3.05) is 46.4 Å². The highest BCUT2D eigenvalue weighted by molar-refractivity contribution is 6.05. The van der Waals surface area contributed by atoms with Crippen molar-refractivity contribution >= 4 is 5.71 Å². The predicted molar refractivity (Wildman–Crippen MR) is 110 cm³/mol. The Morgan fingerprint density at radius 1 is 1.43 bits per heavy atom. The molecule has 1 unspecified atom stereocenters. The van der Waals surface area contributed by atoms with Crippen LogP contribution in [-0.2, 0) is 11.3 Å². The molecule has 154 valence electrons. The zero-order valence-electron chi connectivity index (χ0n) is 17.0. The summed E-state index contributed by atoms with van der Waals surface area (Å²) in [6, 6.07) is 5.04. The SMILES string of the molecule is C=C(C(O)COC)N(CC)CCN1CCC(C2=NCc3cc(F)ccc32)CC1. The number of rotatable bonds is 9. The number of aliphatic imine (C=N–C) groups is 1. The fourth-order valence-corrected chi connectivity index (χ4v) is 4.21. The zero-order valence-corrected chi connectivity index (χ0v) is 17.0. The summed E-state index contributed by atoms with van der Waals surface area (Å²) in [4.78, 5) is 9.31. The molecule has 1 atom stereocenters. The van der Waals surface area contributed by atoms with Gasteiger partial charge in [-0.3, -0.25) is 4.99 Å². The van der Waals surface area contributed by atoms with E-state index in [2.05, 4.69) is 23.3 Å². The van der Waals surface area contributed by atoms with Crippen molar-refractivity contribution in [2.24, 2.45) is 10.9 Å². The predicted octanol–water partition coefficient (Wildman–Crippen LogP) is 2.68. The van der Waals surface area contributed by atoms with Gasteiger partial charge in [-0.15, -0.1) is 0 Å². The van der Waals surface area contributed by atoms with Gasteiger partial charge < -0.3 is 19.6 Å². The van der Waals surface area contributed by atoms with Crippen LogP contribution in [0.4, 0.5) is 4.39 Å². The zero-order chi connectivity index (χ0) is 20.1. The average molecular weight is 390 g/mol. The van der Waals surface area contributed by atoms with Crippen LogP contribution in [-0.4, -0.2) is 73.2 Å². The van der Waals surface area contributed by atoms with Crippen LogP contribution in [0.3, 0.4) is 0 Å². The number of benzene rings is 1. The first-order valence-electron chi connectivity index (χ1n) is 10.2. The molecular formula is C22H32FN3O2. The van der Waals surface area contributed by atoms with E-state index in [4.69, 9.17) is 9.73 Å². The Bertz CT molecular complexity index is 714. The number of aliphatic hydroxyl groups is 1. The molecule has 0 aliphatic carbocycles. The van der Waals surface area contributed by atoms with E-state index < -0.39 is 6.10 Å². The van der Waals surface area contributed by atoms with Gasteiger partial charge in [0.2, 0.25) is 0 Å². The van der Waals surface area contributed by atoms with Crippen molar-refractivity contribution in [2.45, 2.75) is 32.4 Å². The highest BCUT2D eigenvalue weighted by Gasteiger charge is 2.28. The summed E-state index contributed by atoms with van der Waals surface area (Å²) in [5.41, 5.74) is 4.05. The molecule has 1 fully saturated rings. The van der Waals surface area contributed by atoms with Gasteiger partial charge in [0.25, 0.3) is 0 Å². The fraction of sp³-hybridized carbons (Fsp3) is 0.591. The van der Waals surface area contributed by atoms with Crippen molar-refractivity contribution in [3.05, 3.63) is 47.4 Å². The standard InChI is InChI=1S/C22H32FN3O2/c1-4-26(16(2)21(27)15-28-3)12-11-25-9-7-17(8-10-25)22-20-6-5-19(23)13-18(20)14-24-22/h5-6,13,17,21,27H,2,4,7-12,14-15H2,1,3H3. The number of methoxy groups -OCH3 is 1. The summed E-state index contributed by atoms with van der Waals surface area (Å²) in [5, 5.41) is 10.1. The summed E-state index contributed by atoms with van der Waals surface area (Å²) in [6.45, 7) is 11.7. The van der Waals surface area contributed by atoms with E-state index in [1.807, 2.05) is 6.07 Å². The number of hydrogen-bond donors (Lipinski definition) is 1. The van der Waals surface area contributed by atoms with Gasteiger partial charge >= 0.3 is 0 Å². The second kappa shape index (κ2) is 9.63. The average Bonchev–Trinajstić information content (AvgIpc) is 3.12. The second-order valence-electron chi connectivity index (χ2n) is 7.66. The van der Waals surface area contributed by atoms with E-state index in [0.717, 1.165) is 62.4 Å². The number of hydrogen-bond acceptors (Lipinski definition) is 5. The van der Waals surface area contributed by atoms with Crippen LogP contribution in [0.1, 0.15) is 30.9 Å². The lowest BCUT2D eigenvalue weighted by Gasteiger charge is -2.35. The van der Waals surface area contributed by atoms with Gasteiger partial charge in [-0.05, 0) is 56.6 Å². The van der Waals surface area contributed by atoms with Gasteiger partial charge in [-0.25, -0.2) is 4.39 Å². The molecule has 0 radical (unpaired) electrons. The van der Waals surface area contributed by atoms with Gasteiger partial charge in [0.1, 0.15) is 11.9 Å². The lowest BCUT2D eigenvalue weighted by atomic mass is 9.87. The number of ether oxygens (including phenoxy) is 1. The van der Waals surface area contributed by atoms with E-state index in [1.54, 1.807) is 19.2 Å². The van der Waals surface area contributed by atoms with E-state index in [0.29, 0.717) is 12.5 Å². The normalized spacial score (nSPS) is 18.6. The van der Waals surface area contributed by atoms with Crippen LogP contribution in [0.15, 0.2) is 35.5 Å². The Morgan fingerprint density at radius 3 is 2.86 bits per heavy atom. The Hall–Kier alpha value is -1.76. The minimum atomic E-state index is -0.652. The first-order chi connectivity index (χ1) is 13.5. The fourth-order valence-electron chi connectivity index (χ4n) is 4.21. The highest BCUT2D eigenvalue weighted by Crippen LogP contribution is 2.29. The molecule has 6 heteroatoms. The van der Waals surface area contributed by atoms with Gasteiger partial charge in [0.05, 0.1) is 13.2 Å². The summed E-state index contributed by atoms with van der Waals surface area (Å²) >= 11 is 0. The van der Waals surface area contributed by atoms with E-state index in [-0.39, 0.29) is 12.4 Å². The molecule has 1 aromatic carbocycles. The molecule has 0 aromatic heterocycles. The maximum Gasteiger partial charge on any atom is 0.123 e. The van der Waals surface area contributed by atoms with Gasteiger partial charge in [-0.1, -0.05) is 6.58 Å². The third-order valence-electron chi connectivity index (χ3n) is 5.92. The number of fused-ring (bicyclic) bond motifs is 1. The number of likely N-dealkylation sites (N-methyl/N-ethyl adjacent to an activating group) is 1. The first kappa shape index (κ1) is 21.0. The quantitative estimate of drug-likeness (QED) is 0.706. The molecule has 2 aliphatic rings. The topological polar surface area (TPSA) is 48.3 Å². The van der Waals surface area contributed by atoms with Gasteiger partial charge in [-0.2, -0.15) is 0 Å². The number of likely N-dealkylation sites (tertiary alicyclic amines) is 1. The van der Waals surface area contributed by atoms with Crippen LogP contribution in [0.2, 0.25) is 0 Å². The molecule has 1 N–H and O–H groups in total. The number of nitrogens with zero attached hydrogens (tertiary/aromatic N) is 3. The van der Waals surface area contributed by atoms with Crippen molar-refractivity contribution in [1.29, 1.82) is 0 Å². The minimum absolute atomic E-state index is 0.178. The van der Waals surface area contributed by atoms with Crippen LogP contribution in [0.5, 0.6) is 0 Å². The number of halogens is 1. The summed E-state index contributed by atoms with van der Waals surface area (Å²) in [6.07, 6.45) is 1.50. The molecule has 0 bridgehead atoms. The van der Waals surface area contributed by atoms with Crippen LogP contribution in [0, 0.1) is 11.7 Å². The third kappa shape index (κ3) is 4.80. The monoisotopic (exact) mass is 389 g/mol. The lowest BCUT2D eigenvalue weighted by Crippen LogP contribution is -2.42. The van der Waals surface area contributed by atoms with Crippen LogP contribution >= 0.6 is 0 Å². The van der Waals surface area contributed by atoms with E-state index in [1.165, 1.54) is 5.71 Å². The van der Waals surface area contributed by atoms with Gasteiger partial charge in [0, 0.05) is 49.6 Å². The molecule has 2 aliphatic heterocycles. The maximum atomic E-state index is 13.4. The summed E-state index contributed by atoms with van der Waals surface area (Å²) < 4.78 is 18.4. The first-order valence-corrected chi connectivity index (χ1v) is 10.2. The molecular weight excluding hydrogens is 357 g/mol. The van der Waals surface area contributed by atoms with Gasteiger partial charge in [0.15, 0.2) is 0 Å². The maximum absolute atomic E-state index is 13.4. The van der Waals surface area contributed by atoms with E-state index >= 15 is 0 Å². The molecule has 1 saturated heterocycles. The third-order valence-corrected chi connectivity index (χ3v) is 5.92. The molecule has 2 heterocycles. The Morgan fingerprint density at radius 2 is 2.18 bits per heavy atom. The van der Waals surface area contributed by atoms with Crippen LogP contribution in [0.25, 0.3) is 0 Å². The Labute approximate surface area is 167 Å². The number of piperidine rings is 1. The largest absolute Gasteiger partial charge is 0.384 e. The van der Waals surface area contributed by atoms with Crippen molar-refractivity contribution in [3.63, 3.8) is 0 Å².